The van der Waals surface area contributed by atoms with E-state index in [1.807, 2.05) is 4.68 Å². The number of benzene rings is 1. The Bertz CT molecular complexity index is 608. The summed E-state index contributed by atoms with van der Waals surface area (Å²) in [6.07, 6.45) is 4.24. The van der Waals surface area contributed by atoms with Gasteiger partial charge in [0.15, 0.2) is 5.78 Å². The largest absolute Gasteiger partial charge is 0.294 e. The zero-order valence-electron chi connectivity index (χ0n) is 11.4. The SMILES string of the molecule is CC(C)c1ccc(-n2ncc3c2CCCC3=O)cc1. The number of Topliss-reactive ketones (excluding diaryl/α,β-unsaturated/α-hetero) is 1. The Morgan fingerprint density at radius 1 is 1.16 bits per heavy atom. The first-order valence-corrected chi connectivity index (χ1v) is 6.87. The van der Waals surface area contributed by atoms with Crippen LogP contribution in [0.1, 0.15) is 54.2 Å². The zero-order chi connectivity index (χ0) is 13.4. The highest BCUT2D eigenvalue weighted by atomic mass is 16.1. The van der Waals surface area contributed by atoms with Gasteiger partial charge in [-0.1, -0.05) is 26.0 Å². The fraction of sp³-hybridized carbons (Fsp3) is 0.375. The summed E-state index contributed by atoms with van der Waals surface area (Å²) in [7, 11) is 0. The first-order valence-electron chi connectivity index (χ1n) is 6.87. The van der Waals surface area contributed by atoms with E-state index >= 15 is 0 Å². The zero-order valence-corrected chi connectivity index (χ0v) is 11.4. The van der Waals surface area contributed by atoms with Crippen LogP contribution < -0.4 is 0 Å². The van der Waals surface area contributed by atoms with Crippen molar-refractivity contribution in [3.05, 3.63) is 47.3 Å². The first kappa shape index (κ1) is 12.2. The summed E-state index contributed by atoms with van der Waals surface area (Å²) >= 11 is 0. The molecule has 3 heteroatoms. The standard InChI is InChI=1S/C16H18N2O/c1-11(2)12-6-8-13(9-7-12)18-15-4-3-5-16(19)14(15)10-17-18/h6-11H,3-5H2,1-2H3. The summed E-state index contributed by atoms with van der Waals surface area (Å²) in [5.41, 5.74) is 4.23. The van der Waals surface area contributed by atoms with Gasteiger partial charge >= 0.3 is 0 Å². The highest BCUT2D eigenvalue weighted by Gasteiger charge is 2.22. The van der Waals surface area contributed by atoms with Crippen LogP contribution >= 0.6 is 0 Å². The molecular formula is C16H18N2O. The topological polar surface area (TPSA) is 34.9 Å². The van der Waals surface area contributed by atoms with Gasteiger partial charge in [0.2, 0.25) is 0 Å². The second-order valence-electron chi connectivity index (χ2n) is 5.44. The maximum Gasteiger partial charge on any atom is 0.166 e. The lowest BCUT2D eigenvalue weighted by molar-refractivity contribution is 0.0972. The number of carbonyl (C=O) groups is 1. The van der Waals surface area contributed by atoms with E-state index in [0.717, 1.165) is 29.8 Å². The molecule has 19 heavy (non-hydrogen) atoms. The summed E-state index contributed by atoms with van der Waals surface area (Å²) in [6.45, 7) is 4.37. The average molecular weight is 254 g/mol. The van der Waals surface area contributed by atoms with Crippen molar-refractivity contribution in [1.82, 2.24) is 9.78 Å². The number of nitrogens with zero attached hydrogens (tertiary/aromatic N) is 2. The van der Waals surface area contributed by atoms with Crippen molar-refractivity contribution in [3.63, 3.8) is 0 Å². The predicted octanol–water partition coefficient (Wildman–Crippen LogP) is 3.51. The minimum atomic E-state index is 0.228. The fourth-order valence-corrected chi connectivity index (χ4v) is 2.62. The molecule has 3 rings (SSSR count). The van der Waals surface area contributed by atoms with Gasteiger partial charge in [0.1, 0.15) is 0 Å². The van der Waals surface area contributed by atoms with Crippen molar-refractivity contribution >= 4 is 5.78 Å². The van der Waals surface area contributed by atoms with E-state index in [1.54, 1.807) is 6.20 Å². The first-order chi connectivity index (χ1) is 9.16. The molecular weight excluding hydrogens is 236 g/mol. The number of carbonyl (C=O) groups excluding carboxylic acids is 1. The van der Waals surface area contributed by atoms with Crippen LogP contribution in [-0.4, -0.2) is 15.6 Å². The lowest BCUT2D eigenvalue weighted by Gasteiger charge is -2.14. The third-order valence-corrected chi connectivity index (χ3v) is 3.79. The van der Waals surface area contributed by atoms with Gasteiger partial charge in [-0.15, -0.1) is 0 Å². The summed E-state index contributed by atoms with van der Waals surface area (Å²) in [5, 5.41) is 4.39. The Hall–Kier alpha value is -1.90. The molecule has 0 unspecified atom stereocenters. The summed E-state index contributed by atoms with van der Waals surface area (Å²) < 4.78 is 1.91. The summed E-state index contributed by atoms with van der Waals surface area (Å²) in [6, 6.07) is 8.45. The van der Waals surface area contributed by atoms with Crippen molar-refractivity contribution in [3.8, 4) is 5.69 Å². The smallest absolute Gasteiger partial charge is 0.166 e. The predicted molar refractivity (Wildman–Crippen MR) is 74.9 cm³/mol. The van der Waals surface area contributed by atoms with Crippen LogP contribution in [0, 0.1) is 0 Å². The van der Waals surface area contributed by atoms with Gasteiger partial charge in [-0.2, -0.15) is 5.10 Å². The van der Waals surface area contributed by atoms with Crippen molar-refractivity contribution in [1.29, 1.82) is 0 Å². The lowest BCUT2D eigenvalue weighted by atomic mass is 9.97. The lowest BCUT2D eigenvalue weighted by Crippen LogP contribution is -2.12. The molecule has 0 saturated carbocycles. The van der Waals surface area contributed by atoms with E-state index < -0.39 is 0 Å². The monoisotopic (exact) mass is 254 g/mol. The minimum Gasteiger partial charge on any atom is -0.294 e. The number of fused-ring (bicyclic) bond motifs is 1. The molecule has 0 fully saturated rings. The number of ketones is 1. The van der Waals surface area contributed by atoms with Gasteiger partial charge in [0.25, 0.3) is 0 Å². The molecule has 1 aliphatic rings. The van der Waals surface area contributed by atoms with E-state index in [2.05, 4.69) is 43.2 Å². The number of rotatable bonds is 2. The van der Waals surface area contributed by atoms with Crippen molar-refractivity contribution < 1.29 is 4.79 Å². The molecule has 0 aliphatic heterocycles. The molecule has 0 radical (unpaired) electrons. The Labute approximate surface area is 113 Å². The van der Waals surface area contributed by atoms with E-state index in [1.165, 1.54) is 5.56 Å². The maximum atomic E-state index is 11.8. The van der Waals surface area contributed by atoms with Crippen molar-refractivity contribution in [2.75, 3.05) is 0 Å². The molecule has 98 valence electrons. The van der Waals surface area contributed by atoms with Crippen LogP contribution in [0.15, 0.2) is 30.5 Å². The second-order valence-corrected chi connectivity index (χ2v) is 5.44. The minimum absolute atomic E-state index is 0.228. The van der Waals surface area contributed by atoms with Gasteiger partial charge in [0.05, 0.1) is 23.1 Å². The summed E-state index contributed by atoms with van der Waals surface area (Å²) in [5.74, 6) is 0.758. The van der Waals surface area contributed by atoms with Crippen LogP contribution in [0.3, 0.4) is 0 Å². The van der Waals surface area contributed by atoms with E-state index in [4.69, 9.17) is 0 Å². The van der Waals surface area contributed by atoms with Crippen molar-refractivity contribution in [2.45, 2.75) is 39.0 Å². The Kier molecular flexibility index (Phi) is 2.97. The molecule has 3 nitrogen and oxygen atoms in total. The molecule has 0 N–H and O–H groups in total. The van der Waals surface area contributed by atoms with Crippen LogP contribution in [0.25, 0.3) is 5.69 Å². The quantitative estimate of drug-likeness (QED) is 0.822. The highest BCUT2D eigenvalue weighted by molar-refractivity contribution is 5.98. The maximum absolute atomic E-state index is 11.8. The molecule has 0 saturated heterocycles. The van der Waals surface area contributed by atoms with Crippen LogP contribution in [0.2, 0.25) is 0 Å². The van der Waals surface area contributed by atoms with Crippen molar-refractivity contribution in [2.24, 2.45) is 0 Å². The molecule has 0 atom stereocenters. The highest BCUT2D eigenvalue weighted by Crippen LogP contribution is 2.24. The summed E-state index contributed by atoms with van der Waals surface area (Å²) in [4.78, 5) is 11.8. The van der Waals surface area contributed by atoms with Crippen LogP contribution in [0.4, 0.5) is 0 Å². The third-order valence-electron chi connectivity index (χ3n) is 3.79. The normalized spacial score (nSPS) is 14.8. The third kappa shape index (κ3) is 2.09. The molecule has 2 aromatic rings. The van der Waals surface area contributed by atoms with Gasteiger partial charge in [-0.25, -0.2) is 4.68 Å². The molecule has 0 spiro atoms. The molecule has 1 aromatic carbocycles. The van der Waals surface area contributed by atoms with Gasteiger partial charge in [-0.3, -0.25) is 4.79 Å². The molecule has 1 aliphatic carbocycles. The molecule has 1 aromatic heterocycles. The number of aromatic nitrogens is 2. The van der Waals surface area contributed by atoms with E-state index in [-0.39, 0.29) is 5.78 Å². The van der Waals surface area contributed by atoms with E-state index in [9.17, 15) is 4.79 Å². The fourth-order valence-electron chi connectivity index (χ4n) is 2.62. The van der Waals surface area contributed by atoms with Crippen LogP contribution in [0.5, 0.6) is 0 Å². The Morgan fingerprint density at radius 3 is 2.58 bits per heavy atom. The van der Waals surface area contributed by atoms with Gasteiger partial charge in [0, 0.05) is 6.42 Å². The number of hydrogen-bond donors (Lipinski definition) is 0. The Balaban J connectivity index is 2.01. The van der Waals surface area contributed by atoms with E-state index in [0.29, 0.717) is 12.3 Å². The molecule has 0 amide bonds. The van der Waals surface area contributed by atoms with Crippen LogP contribution in [-0.2, 0) is 6.42 Å². The van der Waals surface area contributed by atoms with Gasteiger partial charge in [-0.05, 0) is 36.5 Å². The van der Waals surface area contributed by atoms with Gasteiger partial charge < -0.3 is 0 Å². The Morgan fingerprint density at radius 2 is 1.89 bits per heavy atom. The average Bonchev–Trinajstić information content (AvgIpc) is 2.84. The molecule has 1 heterocycles. The second kappa shape index (κ2) is 4.65. The number of hydrogen-bond acceptors (Lipinski definition) is 2. The molecule has 0 bridgehead atoms.